The van der Waals surface area contributed by atoms with Crippen molar-refractivity contribution >= 4 is 23.8 Å². The molecule has 6 heteroatoms. The van der Waals surface area contributed by atoms with Gasteiger partial charge in [-0.25, -0.2) is 9.78 Å². The van der Waals surface area contributed by atoms with E-state index in [9.17, 15) is 9.59 Å². The zero-order chi connectivity index (χ0) is 18.0. The van der Waals surface area contributed by atoms with Crippen LogP contribution in [0.5, 0.6) is 5.75 Å². The number of pyridine rings is 1. The second kappa shape index (κ2) is 6.55. The molecule has 25 heavy (non-hydrogen) atoms. The predicted molar refractivity (Wildman–Crippen MR) is 93.7 cm³/mol. The first kappa shape index (κ1) is 17.0. The Morgan fingerprint density at radius 3 is 2.64 bits per heavy atom. The van der Waals surface area contributed by atoms with Crippen LogP contribution in [0.25, 0.3) is 0 Å². The third-order valence-corrected chi connectivity index (χ3v) is 3.63. The zero-order valence-corrected chi connectivity index (χ0v) is 14.5. The van der Waals surface area contributed by atoms with E-state index in [4.69, 9.17) is 9.47 Å². The van der Waals surface area contributed by atoms with Crippen molar-refractivity contribution in [2.45, 2.75) is 26.4 Å². The number of carbonyl (C=O) groups is 2. The van der Waals surface area contributed by atoms with E-state index in [1.54, 1.807) is 18.2 Å². The summed E-state index contributed by atoms with van der Waals surface area (Å²) >= 11 is 0. The first-order chi connectivity index (χ1) is 11.9. The summed E-state index contributed by atoms with van der Waals surface area (Å²) in [5, 5.41) is 0. The van der Waals surface area contributed by atoms with Gasteiger partial charge in [0.15, 0.2) is 17.9 Å². The molecule has 3 rings (SSSR count). The molecular formula is C19H20N2O4. The highest BCUT2D eigenvalue weighted by molar-refractivity contribution is 5.90. The number of nitrogens with zero attached hydrogens (tertiary/aromatic N) is 2. The lowest BCUT2D eigenvalue weighted by Crippen LogP contribution is -2.29. The molecule has 6 nitrogen and oxygen atoms in total. The normalized spacial score (nSPS) is 13.6. The number of fused-ring (bicyclic) bond motifs is 1. The standard InChI is InChI=1S/C19H20N2O4/c1-19(2,3)25-18(23)14-4-6-15(7-5-14)21-8-9-24-16-10-13(12-22)11-20-17(16)21/h4-7,10-12H,8-9H2,1-3H3. The highest BCUT2D eigenvalue weighted by Crippen LogP contribution is 2.35. The third-order valence-electron chi connectivity index (χ3n) is 3.63. The summed E-state index contributed by atoms with van der Waals surface area (Å²) in [6, 6.07) is 8.85. The van der Waals surface area contributed by atoms with Crippen LogP contribution in [-0.2, 0) is 4.74 Å². The van der Waals surface area contributed by atoms with Crippen LogP contribution in [0.15, 0.2) is 36.5 Å². The first-order valence-corrected chi connectivity index (χ1v) is 8.06. The molecule has 0 aliphatic carbocycles. The minimum Gasteiger partial charge on any atom is -0.488 e. The summed E-state index contributed by atoms with van der Waals surface area (Å²) in [6.07, 6.45) is 2.26. The molecule has 0 radical (unpaired) electrons. The third kappa shape index (κ3) is 3.79. The Balaban J connectivity index is 1.84. The molecule has 2 aromatic rings. The minimum atomic E-state index is -0.529. The van der Waals surface area contributed by atoms with E-state index in [1.165, 1.54) is 6.20 Å². The van der Waals surface area contributed by atoms with Crippen LogP contribution in [0.1, 0.15) is 41.5 Å². The molecule has 1 aromatic carbocycles. The minimum absolute atomic E-state index is 0.352. The lowest BCUT2D eigenvalue weighted by molar-refractivity contribution is 0.00695. The van der Waals surface area contributed by atoms with Crippen molar-refractivity contribution in [1.82, 2.24) is 4.98 Å². The highest BCUT2D eigenvalue weighted by atomic mass is 16.6. The Bertz CT molecular complexity index is 794. The van der Waals surface area contributed by atoms with Gasteiger partial charge >= 0.3 is 5.97 Å². The van der Waals surface area contributed by atoms with Crippen LogP contribution in [0.4, 0.5) is 11.5 Å². The van der Waals surface area contributed by atoms with Gasteiger partial charge in [-0.3, -0.25) is 4.79 Å². The number of hydrogen-bond donors (Lipinski definition) is 0. The van der Waals surface area contributed by atoms with E-state index < -0.39 is 5.60 Å². The van der Waals surface area contributed by atoms with Gasteiger partial charge in [0.05, 0.1) is 12.1 Å². The number of ether oxygens (including phenoxy) is 2. The fourth-order valence-electron chi connectivity index (χ4n) is 2.54. The SMILES string of the molecule is CC(C)(C)OC(=O)c1ccc(N2CCOc3cc(C=O)cnc32)cc1. The average molecular weight is 340 g/mol. The van der Waals surface area contributed by atoms with Crippen molar-refractivity contribution in [2.24, 2.45) is 0 Å². The summed E-state index contributed by atoms with van der Waals surface area (Å²) in [6.45, 7) is 6.63. The summed E-state index contributed by atoms with van der Waals surface area (Å²) in [4.78, 5) is 29.3. The van der Waals surface area contributed by atoms with E-state index in [0.29, 0.717) is 35.8 Å². The molecular weight excluding hydrogens is 320 g/mol. The molecule has 0 amide bonds. The van der Waals surface area contributed by atoms with E-state index in [2.05, 4.69) is 4.98 Å². The first-order valence-electron chi connectivity index (χ1n) is 8.06. The van der Waals surface area contributed by atoms with Crippen molar-refractivity contribution < 1.29 is 19.1 Å². The quantitative estimate of drug-likeness (QED) is 0.630. The lowest BCUT2D eigenvalue weighted by atomic mass is 10.1. The Morgan fingerprint density at radius 1 is 1.28 bits per heavy atom. The van der Waals surface area contributed by atoms with Gasteiger partial charge in [0.25, 0.3) is 0 Å². The second-order valence-electron chi connectivity index (χ2n) is 6.76. The maximum atomic E-state index is 12.1. The number of aromatic nitrogens is 1. The fourth-order valence-corrected chi connectivity index (χ4v) is 2.54. The molecule has 0 spiro atoms. The Labute approximate surface area is 146 Å². The number of hydrogen-bond acceptors (Lipinski definition) is 6. The van der Waals surface area contributed by atoms with Gasteiger partial charge in [0, 0.05) is 17.4 Å². The van der Waals surface area contributed by atoms with Crippen molar-refractivity contribution in [3.05, 3.63) is 47.7 Å². The maximum absolute atomic E-state index is 12.1. The maximum Gasteiger partial charge on any atom is 0.338 e. The molecule has 1 aromatic heterocycles. The Hall–Kier alpha value is -2.89. The van der Waals surface area contributed by atoms with Crippen molar-refractivity contribution in [3.8, 4) is 5.75 Å². The number of carbonyl (C=O) groups excluding carboxylic acids is 2. The summed E-state index contributed by atoms with van der Waals surface area (Å²) in [5.41, 5.74) is 1.33. The molecule has 0 fully saturated rings. The number of aldehydes is 1. The van der Waals surface area contributed by atoms with Gasteiger partial charge in [-0.05, 0) is 51.1 Å². The number of anilines is 2. The van der Waals surface area contributed by atoms with Crippen LogP contribution in [0, 0.1) is 0 Å². The highest BCUT2D eigenvalue weighted by Gasteiger charge is 2.22. The van der Waals surface area contributed by atoms with E-state index in [1.807, 2.05) is 37.8 Å². The molecule has 0 atom stereocenters. The number of esters is 1. The van der Waals surface area contributed by atoms with Crippen LogP contribution >= 0.6 is 0 Å². The summed E-state index contributed by atoms with van der Waals surface area (Å²) in [7, 11) is 0. The molecule has 1 aliphatic rings. The monoisotopic (exact) mass is 340 g/mol. The second-order valence-corrected chi connectivity index (χ2v) is 6.76. The van der Waals surface area contributed by atoms with Gasteiger partial charge in [0.2, 0.25) is 0 Å². The number of rotatable bonds is 3. The topological polar surface area (TPSA) is 68.7 Å². The van der Waals surface area contributed by atoms with Gasteiger partial charge < -0.3 is 14.4 Å². The van der Waals surface area contributed by atoms with Gasteiger partial charge in [-0.15, -0.1) is 0 Å². The van der Waals surface area contributed by atoms with Crippen LogP contribution in [0.3, 0.4) is 0 Å². The molecule has 0 bridgehead atoms. The van der Waals surface area contributed by atoms with Crippen molar-refractivity contribution in [1.29, 1.82) is 0 Å². The van der Waals surface area contributed by atoms with Crippen LogP contribution in [-0.4, -0.2) is 36.0 Å². The van der Waals surface area contributed by atoms with E-state index >= 15 is 0 Å². The largest absolute Gasteiger partial charge is 0.488 e. The van der Waals surface area contributed by atoms with Crippen LogP contribution < -0.4 is 9.64 Å². The Kier molecular flexibility index (Phi) is 4.44. The molecule has 0 N–H and O–H groups in total. The predicted octanol–water partition coefficient (Wildman–Crippen LogP) is 3.38. The molecule has 1 aliphatic heterocycles. The van der Waals surface area contributed by atoms with Gasteiger partial charge in [-0.2, -0.15) is 0 Å². The van der Waals surface area contributed by atoms with Crippen molar-refractivity contribution in [2.75, 3.05) is 18.1 Å². The van der Waals surface area contributed by atoms with Gasteiger partial charge in [-0.1, -0.05) is 0 Å². The molecule has 130 valence electrons. The van der Waals surface area contributed by atoms with Gasteiger partial charge in [0.1, 0.15) is 12.2 Å². The molecule has 0 unspecified atom stereocenters. The smallest absolute Gasteiger partial charge is 0.338 e. The fraction of sp³-hybridized carbons (Fsp3) is 0.316. The van der Waals surface area contributed by atoms with E-state index in [-0.39, 0.29) is 5.97 Å². The average Bonchev–Trinajstić information content (AvgIpc) is 2.59. The number of benzene rings is 1. The van der Waals surface area contributed by atoms with Crippen molar-refractivity contribution in [3.63, 3.8) is 0 Å². The molecule has 2 heterocycles. The Morgan fingerprint density at radius 2 is 2.00 bits per heavy atom. The summed E-state index contributed by atoms with van der Waals surface area (Å²) < 4.78 is 11.0. The molecule has 0 saturated heterocycles. The lowest BCUT2D eigenvalue weighted by Gasteiger charge is -2.30. The summed E-state index contributed by atoms with van der Waals surface area (Å²) in [5.74, 6) is 0.879. The molecule has 0 saturated carbocycles. The van der Waals surface area contributed by atoms with E-state index in [0.717, 1.165) is 12.0 Å². The van der Waals surface area contributed by atoms with Crippen LogP contribution in [0.2, 0.25) is 0 Å². The zero-order valence-electron chi connectivity index (χ0n) is 14.5.